The van der Waals surface area contributed by atoms with E-state index < -0.39 is 0 Å². The second-order valence-corrected chi connectivity index (χ2v) is 6.78. The zero-order valence-electron chi connectivity index (χ0n) is 11.2. The maximum absolute atomic E-state index is 11.4. The van der Waals surface area contributed by atoms with Crippen molar-refractivity contribution in [2.75, 3.05) is 4.43 Å². The molecule has 0 unspecified atom stereocenters. The van der Waals surface area contributed by atoms with Gasteiger partial charge in [-0.05, 0) is 36.5 Å². The predicted octanol–water partition coefficient (Wildman–Crippen LogP) is 3.05. The van der Waals surface area contributed by atoms with Crippen molar-refractivity contribution in [2.45, 2.75) is 70.1 Å². The highest BCUT2D eigenvalue weighted by Gasteiger charge is 2.39. The van der Waals surface area contributed by atoms with Crippen LogP contribution >= 0.6 is 22.6 Å². The van der Waals surface area contributed by atoms with Crippen LogP contribution in [0.5, 0.6) is 0 Å². The minimum atomic E-state index is -0.00713. The molecule has 0 aromatic carbocycles. The van der Waals surface area contributed by atoms with Crippen LogP contribution in [0.1, 0.15) is 51.9 Å². The third-order valence-electron chi connectivity index (χ3n) is 4.17. The van der Waals surface area contributed by atoms with Gasteiger partial charge in [-0.15, -0.1) is 0 Å². The van der Waals surface area contributed by atoms with Crippen molar-refractivity contribution < 1.29 is 9.53 Å². The smallest absolute Gasteiger partial charge is 0.309 e. The molecule has 4 atom stereocenters. The van der Waals surface area contributed by atoms with E-state index in [-0.39, 0.29) is 18.0 Å². The standard InChI is InChI=1S/C14H24INO2/c1-10-9-13(18-14(10)17)12-7-6-11(16-12)5-3-2-4-8-15/h10-13,16H,2-9H2,1H3/t10-,11+,12-,13-/m0/s1. The topological polar surface area (TPSA) is 38.3 Å². The normalized spacial score (nSPS) is 36.0. The zero-order chi connectivity index (χ0) is 13.0. The summed E-state index contributed by atoms with van der Waals surface area (Å²) >= 11 is 2.44. The number of carbonyl (C=O) groups is 1. The molecule has 0 aromatic heterocycles. The first-order valence-electron chi connectivity index (χ1n) is 7.23. The molecule has 0 saturated carbocycles. The molecule has 0 amide bonds. The van der Waals surface area contributed by atoms with E-state index in [1.807, 2.05) is 6.92 Å². The number of carbonyl (C=O) groups excluding carboxylic acids is 1. The number of alkyl halides is 1. The molecule has 4 heteroatoms. The first-order valence-corrected chi connectivity index (χ1v) is 8.75. The van der Waals surface area contributed by atoms with Crippen molar-refractivity contribution in [1.82, 2.24) is 5.32 Å². The number of ether oxygens (including phenoxy) is 1. The maximum atomic E-state index is 11.4. The average Bonchev–Trinajstić information content (AvgIpc) is 2.93. The van der Waals surface area contributed by atoms with E-state index in [1.54, 1.807) is 0 Å². The number of rotatable bonds is 6. The molecule has 2 aliphatic rings. The number of nitrogens with one attached hydrogen (secondary N) is 1. The highest BCUT2D eigenvalue weighted by atomic mass is 127. The minimum Gasteiger partial charge on any atom is -0.460 e. The molecule has 0 aliphatic carbocycles. The maximum Gasteiger partial charge on any atom is 0.309 e. The summed E-state index contributed by atoms with van der Waals surface area (Å²) in [5, 5.41) is 3.67. The van der Waals surface area contributed by atoms with Crippen molar-refractivity contribution in [1.29, 1.82) is 0 Å². The number of hydrogen-bond donors (Lipinski definition) is 1. The average molecular weight is 365 g/mol. The summed E-state index contributed by atoms with van der Waals surface area (Å²) < 4.78 is 6.72. The summed E-state index contributed by atoms with van der Waals surface area (Å²) in [5.74, 6) is 0.0896. The Morgan fingerprint density at radius 1 is 1.33 bits per heavy atom. The second-order valence-electron chi connectivity index (χ2n) is 5.70. The van der Waals surface area contributed by atoms with Crippen LogP contribution in [0.2, 0.25) is 0 Å². The third kappa shape index (κ3) is 3.83. The lowest BCUT2D eigenvalue weighted by Crippen LogP contribution is -2.38. The van der Waals surface area contributed by atoms with Gasteiger partial charge in [0.25, 0.3) is 0 Å². The molecule has 2 fully saturated rings. The quantitative estimate of drug-likeness (QED) is 0.340. The molecule has 2 saturated heterocycles. The van der Waals surface area contributed by atoms with Crippen LogP contribution in [0.25, 0.3) is 0 Å². The minimum absolute atomic E-state index is 0.00713. The van der Waals surface area contributed by atoms with Gasteiger partial charge < -0.3 is 10.1 Å². The Labute approximate surface area is 124 Å². The fourth-order valence-corrected chi connectivity index (χ4v) is 3.58. The Morgan fingerprint density at radius 2 is 2.17 bits per heavy atom. The summed E-state index contributed by atoms with van der Waals surface area (Å²) in [7, 11) is 0. The molecule has 0 aromatic rings. The first kappa shape index (κ1) is 14.6. The Kier molecular flexibility index (Phi) is 5.73. The van der Waals surface area contributed by atoms with E-state index >= 15 is 0 Å². The summed E-state index contributed by atoms with van der Waals surface area (Å²) in [6.07, 6.45) is 8.75. The van der Waals surface area contributed by atoms with Crippen molar-refractivity contribution in [2.24, 2.45) is 5.92 Å². The Bertz CT molecular complexity index is 285. The number of unbranched alkanes of at least 4 members (excludes halogenated alkanes) is 2. The lowest BCUT2D eigenvalue weighted by atomic mass is 10.0. The third-order valence-corrected chi connectivity index (χ3v) is 4.93. The number of hydrogen-bond acceptors (Lipinski definition) is 3. The van der Waals surface area contributed by atoms with Crippen molar-refractivity contribution in [3.63, 3.8) is 0 Å². The van der Waals surface area contributed by atoms with E-state index in [0.29, 0.717) is 12.1 Å². The highest BCUT2D eigenvalue weighted by molar-refractivity contribution is 14.1. The fourth-order valence-electron chi connectivity index (χ4n) is 3.04. The van der Waals surface area contributed by atoms with Crippen LogP contribution < -0.4 is 5.32 Å². The number of halogens is 1. The van der Waals surface area contributed by atoms with Crippen LogP contribution in [-0.4, -0.2) is 28.6 Å². The van der Waals surface area contributed by atoms with E-state index in [0.717, 1.165) is 6.42 Å². The molecule has 2 heterocycles. The van der Waals surface area contributed by atoms with Crippen molar-refractivity contribution >= 4 is 28.6 Å². The highest BCUT2D eigenvalue weighted by Crippen LogP contribution is 2.29. The van der Waals surface area contributed by atoms with Crippen LogP contribution in [0, 0.1) is 5.92 Å². The van der Waals surface area contributed by atoms with Gasteiger partial charge >= 0.3 is 5.97 Å². The van der Waals surface area contributed by atoms with Gasteiger partial charge in [-0.2, -0.15) is 0 Å². The monoisotopic (exact) mass is 365 g/mol. The Balaban J connectivity index is 1.67. The SMILES string of the molecule is C[C@H]1C[C@@H]([C@@H]2CC[C@@H](CCCCCI)N2)OC1=O. The Morgan fingerprint density at radius 3 is 2.83 bits per heavy atom. The lowest BCUT2D eigenvalue weighted by Gasteiger charge is -2.19. The summed E-state index contributed by atoms with van der Waals surface area (Å²) in [6, 6.07) is 1.06. The van der Waals surface area contributed by atoms with Crippen LogP contribution in [-0.2, 0) is 9.53 Å². The van der Waals surface area contributed by atoms with Gasteiger partial charge in [-0.1, -0.05) is 42.4 Å². The summed E-state index contributed by atoms with van der Waals surface area (Å²) in [6.45, 7) is 1.97. The van der Waals surface area contributed by atoms with Crippen LogP contribution in [0.15, 0.2) is 0 Å². The molecule has 104 valence electrons. The molecule has 3 nitrogen and oxygen atoms in total. The molecule has 0 spiro atoms. The van der Waals surface area contributed by atoms with Crippen LogP contribution in [0.4, 0.5) is 0 Å². The second kappa shape index (κ2) is 7.08. The Hall–Kier alpha value is 0.160. The van der Waals surface area contributed by atoms with E-state index in [1.165, 1.54) is 43.0 Å². The van der Waals surface area contributed by atoms with Gasteiger partial charge in [0.2, 0.25) is 0 Å². The lowest BCUT2D eigenvalue weighted by molar-refractivity contribution is -0.144. The van der Waals surface area contributed by atoms with E-state index in [2.05, 4.69) is 27.9 Å². The molecule has 0 bridgehead atoms. The molecule has 2 aliphatic heterocycles. The molecule has 1 N–H and O–H groups in total. The fraction of sp³-hybridized carbons (Fsp3) is 0.929. The van der Waals surface area contributed by atoms with Crippen molar-refractivity contribution in [3.8, 4) is 0 Å². The van der Waals surface area contributed by atoms with E-state index in [4.69, 9.17) is 4.74 Å². The van der Waals surface area contributed by atoms with Gasteiger partial charge in [0.05, 0.1) is 5.92 Å². The summed E-state index contributed by atoms with van der Waals surface area (Å²) in [5.41, 5.74) is 0. The van der Waals surface area contributed by atoms with Gasteiger partial charge in [0.15, 0.2) is 0 Å². The van der Waals surface area contributed by atoms with Gasteiger partial charge in [0, 0.05) is 12.1 Å². The first-order chi connectivity index (χ1) is 8.70. The zero-order valence-corrected chi connectivity index (χ0v) is 13.3. The predicted molar refractivity (Wildman–Crippen MR) is 81.0 cm³/mol. The number of cyclic esters (lactones) is 1. The van der Waals surface area contributed by atoms with Gasteiger partial charge in [0.1, 0.15) is 6.10 Å². The van der Waals surface area contributed by atoms with Gasteiger partial charge in [-0.3, -0.25) is 4.79 Å². The molecule has 18 heavy (non-hydrogen) atoms. The number of esters is 1. The van der Waals surface area contributed by atoms with Crippen LogP contribution in [0.3, 0.4) is 0 Å². The molecule has 0 radical (unpaired) electrons. The van der Waals surface area contributed by atoms with Gasteiger partial charge in [-0.25, -0.2) is 0 Å². The van der Waals surface area contributed by atoms with E-state index in [9.17, 15) is 4.79 Å². The molecule has 2 rings (SSSR count). The molecular weight excluding hydrogens is 341 g/mol. The molecular formula is C14H24INO2. The van der Waals surface area contributed by atoms with Crippen molar-refractivity contribution in [3.05, 3.63) is 0 Å². The largest absolute Gasteiger partial charge is 0.460 e. The summed E-state index contributed by atoms with van der Waals surface area (Å²) in [4.78, 5) is 11.4.